The molecule has 1 unspecified atom stereocenters. The lowest BCUT2D eigenvalue weighted by molar-refractivity contribution is -0.169. The van der Waals surface area contributed by atoms with Crippen LogP contribution >= 0.6 is 0 Å². The number of unbranched alkanes of at least 4 members (excludes halogenated alkanes) is 1. The molecule has 0 fully saturated rings. The topological polar surface area (TPSA) is 105 Å². The van der Waals surface area contributed by atoms with Gasteiger partial charge in [-0.3, -0.25) is 4.79 Å². The van der Waals surface area contributed by atoms with E-state index in [0.29, 0.717) is 19.4 Å². The monoisotopic (exact) mass is 246 g/mol. The Morgan fingerprint density at radius 2 is 1.76 bits per heavy atom. The third kappa shape index (κ3) is 6.91. The molecule has 6 heteroatoms. The highest BCUT2D eigenvalue weighted by atomic mass is 16.7. The number of hydrogen-bond donors (Lipinski definition) is 2. The Bertz CT molecular complexity index is 261. The average Bonchev–Trinajstić information content (AvgIpc) is 2.20. The molecule has 0 aliphatic heterocycles. The van der Waals surface area contributed by atoms with Crippen molar-refractivity contribution in [3.05, 3.63) is 0 Å². The molecule has 1 atom stereocenters. The van der Waals surface area contributed by atoms with Crippen molar-refractivity contribution in [1.29, 1.82) is 0 Å². The summed E-state index contributed by atoms with van der Waals surface area (Å²) < 4.78 is 5.13. The van der Waals surface area contributed by atoms with Crippen LogP contribution in [-0.4, -0.2) is 24.1 Å². The Balaban J connectivity index is 4.46. The number of ether oxygens (including phenoxy) is 1. The van der Waals surface area contributed by atoms with Gasteiger partial charge in [0.25, 0.3) is 0 Å². The second-order valence-electron chi connectivity index (χ2n) is 4.81. The summed E-state index contributed by atoms with van der Waals surface area (Å²) in [6.07, 6.45) is 1.72. The first-order chi connectivity index (χ1) is 7.81. The Morgan fingerprint density at radius 1 is 1.18 bits per heavy atom. The first-order valence-electron chi connectivity index (χ1n) is 5.65. The van der Waals surface area contributed by atoms with Crippen molar-refractivity contribution in [3.8, 4) is 0 Å². The van der Waals surface area contributed by atoms with Gasteiger partial charge < -0.3 is 15.3 Å². The molecule has 17 heavy (non-hydrogen) atoms. The molecule has 0 saturated carbocycles. The number of carbonyl (C=O) groups is 2. The molecule has 0 aromatic heterocycles. The second-order valence-corrected chi connectivity index (χ2v) is 4.81. The summed E-state index contributed by atoms with van der Waals surface area (Å²) in [5, 5.41) is 0. The molecule has 0 radical (unpaired) electrons. The summed E-state index contributed by atoms with van der Waals surface area (Å²) in [4.78, 5) is 27.2. The van der Waals surface area contributed by atoms with Gasteiger partial charge in [-0.15, -0.1) is 0 Å². The van der Waals surface area contributed by atoms with Gasteiger partial charge >= 0.3 is 11.9 Å². The van der Waals surface area contributed by atoms with Crippen LogP contribution in [0.3, 0.4) is 0 Å². The minimum atomic E-state index is -0.967. The van der Waals surface area contributed by atoms with Gasteiger partial charge in [0.15, 0.2) is 5.92 Å². The summed E-state index contributed by atoms with van der Waals surface area (Å²) in [7, 11) is 0. The van der Waals surface area contributed by atoms with Gasteiger partial charge in [-0.2, -0.15) is 5.90 Å². The van der Waals surface area contributed by atoms with E-state index in [-0.39, 0.29) is 0 Å². The zero-order valence-corrected chi connectivity index (χ0v) is 10.7. The van der Waals surface area contributed by atoms with E-state index in [4.69, 9.17) is 16.4 Å². The zero-order valence-electron chi connectivity index (χ0n) is 10.7. The van der Waals surface area contributed by atoms with E-state index in [9.17, 15) is 9.59 Å². The van der Waals surface area contributed by atoms with Crippen LogP contribution in [0, 0.1) is 5.92 Å². The predicted molar refractivity (Wildman–Crippen MR) is 62.5 cm³/mol. The van der Waals surface area contributed by atoms with Crippen molar-refractivity contribution < 1.29 is 19.2 Å². The molecule has 100 valence electrons. The summed E-state index contributed by atoms with van der Waals surface area (Å²) in [6.45, 7) is 5.71. The van der Waals surface area contributed by atoms with Gasteiger partial charge in [0.05, 0.1) is 0 Å². The Hall–Kier alpha value is -1.14. The molecule has 0 spiro atoms. The first kappa shape index (κ1) is 15.9. The van der Waals surface area contributed by atoms with Crippen LogP contribution in [0.1, 0.15) is 40.0 Å². The maximum absolute atomic E-state index is 11.7. The second kappa shape index (κ2) is 7.24. The molecule has 0 amide bonds. The number of rotatable bonds is 6. The molecule has 0 aliphatic rings. The molecule has 0 heterocycles. The number of hydrogen-bond acceptors (Lipinski definition) is 6. The maximum Gasteiger partial charge on any atom is 0.338 e. The lowest BCUT2D eigenvalue weighted by Crippen LogP contribution is -2.34. The van der Waals surface area contributed by atoms with Crippen molar-refractivity contribution in [2.45, 2.75) is 45.6 Å². The lowest BCUT2D eigenvalue weighted by Gasteiger charge is -2.22. The van der Waals surface area contributed by atoms with E-state index >= 15 is 0 Å². The third-order valence-electron chi connectivity index (χ3n) is 2.04. The van der Waals surface area contributed by atoms with Crippen molar-refractivity contribution in [2.75, 3.05) is 6.54 Å². The molecule has 0 aromatic rings. The third-order valence-corrected chi connectivity index (χ3v) is 2.04. The van der Waals surface area contributed by atoms with Crippen molar-refractivity contribution in [1.82, 2.24) is 0 Å². The quantitative estimate of drug-likeness (QED) is 0.306. The summed E-state index contributed by atoms with van der Waals surface area (Å²) in [6, 6.07) is 0. The lowest BCUT2D eigenvalue weighted by atomic mass is 10.0. The van der Waals surface area contributed by atoms with Crippen LogP contribution < -0.4 is 11.6 Å². The standard InChI is InChI=1S/C11H22N2O4/c1-11(2,3)16-9(14)8(10(15)17-13)6-4-5-7-12/h8H,4-7,12-13H2,1-3H3. The summed E-state index contributed by atoms with van der Waals surface area (Å²) in [5.74, 6) is 2.46. The molecular weight excluding hydrogens is 224 g/mol. The number of nitrogens with two attached hydrogens (primary N) is 2. The van der Waals surface area contributed by atoms with E-state index in [1.54, 1.807) is 20.8 Å². The average molecular weight is 246 g/mol. The minimum absolute atomic E-state index is 0.335. The highest BCUT2D eigenvalue weighted by Gasteiger charge is 2.31. The smallest absolute Gasteiger partial charge is 0.338 e. The molecule has 6 nitrogen and oxygen atoms in total. The van der Waals surface area contributed by atoms with Crippen LogP contribution in [0.5, 0.6) is 0 Å². The number of carbonyl (C=O) groups excluding carboxylic acids is 2. The normalized spacial score (nSPS) is 13.0. The van der Waals surface area contributed by atoms with E-state index in [2.05, 4.69) is 4.84 Å². The van der Waals surface area contributed by atoms with Crippen LogP contribution in [-0.2, 0) is 19.2 Å². The fraction of sp³-hybridized carbons (Fsp3) is 0.818. The van der Waals surface area contributed by atoms with E-state index < -0.39 is 23.5 Å². The van der Waals surface area contributed by atoms with E-state index in [1.165, 1.54) is 0 Å². The Morgan fingerprint density at radius 3 is 2.18 bits per heavy atom. The van der Waals surface area contributed by atoms with Crippen molar-refractivity contribution in [3.63, 3.8) is 0 Å². The van der Waals surface area contributed by atoms with Gasteiger partial charge in [-0.05, 0) is 40.2 Å². The fourth-order valence-electron chi connectivity index (χ4n) is 1.28. The van der Waals surface area contributed by atoms with Gasteiger partial charge in [0.1, 0.15) is 5.60 Å². The van der Waals surface area contributed by atoms with Crippen LogP contribution in [0.4, 0.5) is 0 Å². The van der Waals surface area contributed by atoms with Gasteiger partial charge in [0.2, 0.25) is 0 Å². The fourth-order valence-corrected chi connectivity index (χ4v) is 1.28. The zero-order chi connectivity index (χ0) is 13.5. The Labute approximate surface area is 102 Å². The molecular formula is C11H22N2O4. The summed E-state index contributed by atoms with van der Waals surface area (Å²) in [5.41, 5.74) is 4.70. The largest absolute Gasteiger partial charge is 0.459 e. The highest BCUT2D eigenvalue weighted by molar-refractivity contribution is 5.94. The molecule has 0 aliphatic carbocycles. The molecule has 0 saturated heterocycles. The molecule has 4 N–H and O–H groups in total. The van der Waals surface area contributed by atoms with Gasteiger partial charge in [-0.1, -0.05) is 6.42 Å². The first-order valence-corrected chi connectivity index (χ1v) is 5.65. The molecule has 0 rings (SSSR count). The van der Waals surface area contributed by atoms with Crippen LogP contribution in [0.15, 0.2) is 0 Å². The van der Waals surface area contributed by atoms with Crippen molar-refractivity contribution in [2.24, 2.45) is 17.5 Å². The van der Waals surface area contributed by atoms with Crippen LogP contribution in [0.25, 0.3) is 0 Å². The SMILES string of the molecule is CC(C)(C)OC(=O)C(CCCCN)C(=O)ON. The molecule has 0 aromatic carbocycles. The number of esters is 1. The maximum atomic E-state index is 11.7. The minimum Gasteiger partial charge on any atom is -0.459 e. The van der Waals surface area contributed by atoms with Gasteiger partial charge in [-0.25, -0.2) is 4.79 Å². The Kier molecular flexibility index (Phi) is 6.75. The van der Waals surface area contributed by atoms with Gasteiger partial charge in [0, 0.05) is 0 Å². The van der Waals surface area contributed by atoms with E-state index in [1.807, 2.05) is 0 Å². The summed E-state index contributed by atoms with van der Waals surface area (Å²) >= 11 is 0. The van der Waals surface area contributed by atoms with Crippen molar-refractivity contribution >= 4 is 11.9 Å². The van der Waals surface area contributed by atoms with E-state index in [0.717, 1.165) is 6.42 Å². The highest BCUT2D eigenvalue weighted by Crippen LogP contribution is 2.16. The van der Waals surface area contributed by atoms with Crippen LogP contribution in [0.2, 0.25) is 0 Å². The predicted octanol–water partition coefficient (Wildman–Crippen LogP) is 0.490. The molecule has 0 bridgehead atoms.